The summed E-state index contributed by atoms with van der Waals surface area (Å²) in [5, 5.41) is 10.6. The molecule has 1 aliphatic heterocycles. The molecule has 1 fully saturated rings. The van der Waals surface area contributed by atoms with E-state index >= 15 is 4.39 Å². The Kier molecular flexibility index (Phi) is 11.1. The first-order valence-electron chi connectivity index (χ1n) is 17.4. The van der Waals surface area contributed by atoms with E-state index in [4.69, 9.17) is 19.2 Å². The predicted octanol–water partition coefficient (Wildman–Crippen LogP) is 9.41. The van der Waals surface area contributed by atoms with Crippen molar-refractivity contribution >= 4 is 17.4 Å². The maximum absolute atomic E-state index is 15.5. The Hall–Kier alpha value is -4.54. The van der Waals surface area contributed by atoms with Gasteiger partial charge in [-0.3, -0.25) is 4.40 Å². The molecule has 51 heavy (non-hydrogen) atoms. The molecular weight excluding hydrogens is 652 g/mol. The van der Waals surface area contributed by atoms with Gasteiger partial charge in [-0.2, -0.15) is 0 Å². The Morgan fingerprint density at radius 1 is 1.08 bits per heavy atom. The van der Waals surface area contributed by atoms with Gasteiger partial charge in [-0.15, -0.1) is 13.2 Å². The number of halogens is 2. The Balaban J connectivity index is 1.68. The lowest BCUT2D eigenvalue weighted by atomic mass is 9.92. The SMILES string of the molecule is C=CCOC1(C)CCN(c2c(C(OC(C)(C)C)C(=O)O)c(C)c(C)c3nc(-c4cccc(-c5c(O[C@@H](C)CC=C)ccc(F)c5F)c4)cn23)CC1. The molecule has 5 rings (SSSR count). The number of carboxylic acids is 1. The number of fused-ring (bicyclic) bond motifs is 1. The van der Waals surface area contributed by atoms with Crippen LogP contribution in [0.25, 0.3) is 28.0 Å². The summed E-state index contributed by atoms with van der Waals surface area (Å²) in [6.07, 6.45) is 5.74. The largest absolute Gasteiger partial charge is 0.490 e. The fourth-order valence-corrected chi connectivity index (χ4v) is 6.67. The molecule has 0 spiro atoms. The van der Waals surface area contributed by atoms with E-state index < -0.39 is 29.3 Å². The first-order chi connectivity index (χ1) is 24.1. The van der Waals surface area contributed by atoms with Gasteiger partial charge >= 0.3 is 5.97 Å². The molecule has 4 aromatic rings. The average Bonchev–Trinajstić information content (AvgIpc) is 3.52. The number of piperidine rings is 1. The van der Waals surface area contributed by atoms with Crippen molar-refractivity contribution in [3.8, 4) is 28.1 Å². The van der Waals surface area contributed by atoms with Crippen LogP contribution in [-0.4, -0.2) is 57.5 Å². The molecule has 0 aliphatic carbocycles. The Labute approximate surface area is 299 Å². The van der Waals surface area contributed by atoms with Crippen molar-refractivity contribution in [1.82, 2.24) is 9.38 Å². The van der Waals surface area contributed by atoms with Crippen LogP contribution < -0.4 is 9.64 Å². The van der Waals surface area contributed by atoms with Gasteiger partial charge < -0.3 is 24.2 Å². The van der Waals surface area contributed by atoms with Gasteiger partial charge in [0.2, 0.25) is 0 Å². The highest BCUT2D eigenvalue weighted by Gasteiger charge is 2.37. The molecule has 10 heteroatoms. The highest BCUT2D eigenvalue weighted by Crippen LogP contribution is 2.42. The van der Waals surface area contributed by atoms with Crippen molar-refractivity contribution in [2.24, 2.45) is 0 Å². The molecule has 2 aromatic heterocycles. The fraction of sp³-hybridized carbons (Fsp3) is 0.415. The second-order valence-corrected chi connectivity index (χ2v) is 14.6. The average molecular weight is 702 g/mol. The minimum absolute atomic E-state index is 0.0187. The molecule has 8 nitrogen and oxygen atoms in total. The van der Waals surface area contributed by atoms with Crippen LogP contribution in [0.1, 0.15) is 76.7 Å². The number of aliphatic carboxylic acids is 1. The Morgan fingerprint density at radius 3 is 2.39 bits per heavy atom. The van der Waals surface area contributed by atoms with E-state index in [1.165, 1.54) is 6.07 Å². The number of imidazole rings is 1. The number of hydrogen-bond acceptors (Lipinski definition) is 6. The summed E-state index contributed by atoms with van der Waals surface area (Å²) in [5.74, 6) is -2.16. The van der Waals surface area contributed by atoms with Gasteiger partial charge in [0.05, 0.1) is 35.2 Å². The summed E-state index contributed by atoms with van der Waals surface area (Å²) >= 11 is 0. The topological polar surface area (TPSA) is 85.5 Å². The number of aryl methyl sites for hydroxylation is 1. The normalized spacial score (nSPS) is 15.8. The summed E-state index contributed by atoms with van der Waals surface area (Å²) in [5.41, 5.74) is 3.39. The van der Waals surface area contributed by atoms with Crippen molar-refractivity contribution in [2.45, 2.75) is 91.1 Å². The molecule has 272 valence electrons. The van der Waals surface area contributed by atoms with Crippen molar-refractivity contribution in [2.75, 3.05) is 24.6 Å². The van der Waals surface area contributed by atoms with Crippen LogP contribution in [0.15, 0.2) is 67.9 Å². The van der Waals surface area contributed by atoms with Gasteiger partial charge in [0, 0.05) is 36.8 Å². The van der Waals surface area contributed by atoms with Gasteiger partial charge in [0.1, 0.15) is 17.2 Å². The van der Waals surface area contributed by atoms with Crippen LogP contribution >= 0.6 is 0 Å². The third-order valence-electron chi connectivity index (χ3n) is 9.44. The van der Waals surface area contributed by atoms with E-state index in [0.29, 0.717) is 72.8 Å². The van der Waals surface area contributed by atoms with Gasteiger partial charge in [-0.25, -0.2) is 18.6 Å². The first-order valence-corrected chi connectivity index (χ1v) is 17.4. The minimum atomic E-state index is -1.25. The molecule has 0 amide bonds. The van der Waals surface area contributed by atoms with Crippen LogP contribution in [0.4, 0.5) is 14.6 Å². The highest BCUT2D eigenvalue weighted by atomic mass is 19.2. The molecule has 0 bridgehead atoms. The van der Waals surface area contributed by atoms with E-state index in [-0.39, 0.29) is 23.0 Å². The second-order valence-electron chi connectivity index (χ2n) is 14.6. The smallest absolute Gasteiger partial charge is 0.337 e. The zero-order chi connectivity index (χ0) is 37.2. The Morgan fingerprint density at radius 2 is 1.76 bits per heavy atom. The van der Waals surface area contributed by atoms with E-state index in [9.17, 15) is 14.3 Å². The predicted molar refractivity (Wildman–Crippen MR) is 198 cm³/mol. The number of aromatic nitrogens is 2. The highest BCUT2D eigenvalue weighted by molar-refractivity contribution is 5.82. The van der Waals surface area contributed by atoms with Gasteiger partial charge in [-0.05, 0) is 96.2 Å². The number of ether oxygens (including phenoxy) is 3. The monoisotopic (exact) mass is 701 g/mol. The minimum Gasteiger partial charge on any atom is -0.490 e. The van der Waals surface area contributed by atoms with Crippen LogP contribution in [0.3, 0.4) is 0 Å². The number of anilines is 1. The summed E-state index contributed by atoms with van der Waals surface area (Å²) < 4.78 is 50.5. The number of nitrogens with zero attached hydrogens (tertiary/aromatic N) is 3. The molecule has 0 radical (unpaired) electrons. The van der Waals surface area contributed by atoms with Crippen molar-refractivity contribution in [1.29, 1.82) is 0 Å². The van der Waals surface area contributed by atoms with Crippen LogP contribution in [0, 0.1) is 25.5 Å². The molecule has 1 N–H and O–H groups in total. The van der Waals surface area contributed by atoms with Crippen LogP contribution in [-0.2, 0) is 14.3 Å². The molecule has 1 saturated heterocycles. The number of pyridine rings is 1. The molecule has 3 heterocycles. The molecule has 2 aromatic carbocycles. The van der Waals surface area contributed by atoms with Crippen LogP contribution in [0.2, 0.25) is 0 Å². The number of hydrogen-bond donors (Lipinski definition) is 1. The van der Waals surface area contributed by atoms with E-state index in [1.54, 1.807) is 30.4 Å². The number of carbonyl (C=O) groups is 1. The quantitative estimate of drug-likeness (QED) is 0.139. The van der Waals surface area contributed by atoms with Crippen molar-refractivity contribution in [3.05, 3.63) is 96.2 Å². The fourth-order valence-electron chi connectivity index (χ4n) is 6.67. The summed E-state index contributed by atoms with van der Waals surface area (Å²) in [4.78, 5) is 20.2. The third kappa shape index (κ3) is 8.02. The summed E-state index contributed by atoms with van der Waals surface area (Å²) in [6.45, 7) is 22.5. The zero-order valence-electron chi connectivity index (χ0n) is 30.7. The van der Waals surface area contributed by atoms with E-state index in [1.807, 2.05) is 58.2 Å². The second kappa shape index (κ2) is 15.0. The van der Waals surface area contributed by atoms with E-state index in [2.05, 4.69) is 25.0 Å². The van der Waals surface area contributed by atoms with Crippen LogP contribution in [0.5, 0.6) is 5.75 Å². The lowest BCUT2D eigenvalue weighted by molar-refractivity contribution is -0.160. The van der Waals surface area contributed by atoms with E-state index in [0.717, 1.165) is 17.2 Å². The lowest BCUT2D eigenvalue weighted by Gasteiger charge is -2.41. The summed E-state index contributed by atoms with van der Waals surface area (Å²) in [7, 11) is 0. The number of benzene rings is 2. The maximum Gasteiger partial charge on any atom is 0.337 e. The summed E-state index contributed by atoms with van der Waals surface area (Å²) in [6, 6.07) is 9.61. The standard InChI is InChI=1S/C41H49F2N3O5/c1-10-13-25(3)50-32-17-16-30(42)35(43)34(32)29-15-12-14-28(23-29)31-24-46-37(44-31)27(5)26(4)33(36(39(47)48)51-40(6,7)8)38(46)45-20-18-41(9,19-21-45)49-22-11-2/h10-12,14-17,23-25,36H,1-2,13,18-22H2,3-9H3,(H,47,48)/t25-,36?/m0/s1. The maximum atomic E-state index is 15.5. The van der Waals surface area contributed by atoms with Gasteiger partial charge in [0.25, 0.3) is 0 Å². The number of rotatable bonds is 13. The molecule has 1 aliphatic rings. The molecule has 0 saturated carbocycles. The van der Waals surface area contributed by atoms with Crippen molar-refractivity contribution in [3.63, 3.8) is 0 Å². The zero-order valence-corrected chi connectivity index (χ0v) is 30.7. The Bertz CT molecular complexity index is 1940. The molecular formula is C41H49F2N3O5. The van der Waals surface area contributed by atoms with Gasteiger partial charge in [0.15, 0.2) is 17.7 Å². The first kappa shape index (κ1) is 37.7. The molecule has 1 unspecified atom stereocenters. The van der Waals surface area contributed by atoms with Gasteiger partial charge in [-0.1, -0.05) is 30.4 Å². The lowest BCUT2D eigenvalue weighted by Crippen LogP contribution is -2.45. The third-order valence-corrected chi connectivity index (χ3v) is 9.44. The number of carboxylic acid groups (broad SMARTS) is 1. The van der Waals surface area contributed by atoms with Crippen molar-refractivity contribution < 1.29 is 32.9 Å². The molecule has 2 atom stereocenters.